The number of rotatable bonds is 7. The number of hydrogen-bond donors (Lipinski definition) is 1. The van der Waals surface area contributed by atoms with Gasteiger partial charge in [-0.2, -0.15) is 0 Å². The lowest BCUT2D eigenvalue weighted by molar-refractivity contribution is 0.285. The van der Waals surface area contributed by atoms with Crippen molar-refractivity contribution in [1.82, 2.24) is 0 Å². The summed E-state index contributed by atoms with van der Waals surface area (Å²) in [7, 11) is 0. The van der Waals surface area contributed by atoms with Gasteiger partial charge in [0.25, 0.3) is 0 Å². The zero-order valence-electron chi connectivity index (χ0n) is 13.0. The van der Waals surface area contributed by atoms with Crippen LogP contribution < -0.4 is 10.5 Å². The summed E-state index contributed by atoms with van der Waals surface area (Å²) in [5.74, 6) is 0.940. The van der Waals surface area contributed by atoms with E-state index >= 15 is 0 Å². The van der Waals surface area contributed by atoms with Crippen LogP contribution in [0, 0.1) is 6.92 Å². The number of ether oxygens (including phenoxy) is 1. The average Bonchev–Trinajstić information content (AvgIpc) is 2.54. The lowest BCUT2D eigenvalue weighted by atomic mass is 9.79. The van der Waals surface area contributed by atoms with Crippen molar-refractivity contribution >= 4 is 0 Å². The van der Waals surface area contributed by atoms with Crippen LogP contribution in [0.15, 0.2) is 54.6 Å². The first-order valence-corrected chi connectivity index (χ1v) is 7.59. The van der Waals surface area contributed by atoms with E-state index in [2.05, 4.69) is 50.2 Å². The first kappa shape index (κ1) is 15.6. The Morgan fingerprint density at radius 3 is 2.29 bits per heavy atom. The van der Waals surface area contributed by atoms with Crippen molar-refractivity contribution in [1.29, 1.82) is 0 Å². The normalized spacial score (nSPS) is 13.7. The van der Waals surface area contributed by atoms with Gasteiger partial charge in [0.05, 0.1) is 6.61 Å². The van der Waals surface area contributed by atoms with Crippen molar-refractivity contribution in [2.75, 3.05) is 13.2 Å². The summed E-state index contributed by atoms with van der Waals surface area (Å²) in [4.78, 5) is 0. The average molecular weight is 283 g/mol. The molecule has 2 aromatic carbocycles. The second kappa shape index (κ2) is 7.28. The van der Waals surface area contributed by atoms with Crippen LogP contribution in [-0.2, 0) is 5.41 Å². The van der Waals surface area contributed by atoms with Gasteiger partial charge in [-0.3, -0.25) is 0 Å². The highest BCUT2D eigenvalue weighted by molar-refractivity contribution is 5.26. The molecule has 1 unspecified atom stereocenters. The molecule has 0 fully saturated rings. The summed E-state index contributed by atoms with van der Waals surface area (Å²) < 4.78 is 5.80. The standard InChI is InChI=1S/C19H25NO/c1-16-9-11-18(12-10-16)21-14-6-13-19(2,15-20)17-7-4-3-5-8-17/h3-5,7-12H,6,13-15,20H2,1-2H3. The van der Waals surface area contributed by atoms with Crippen molar-refractivity contribution in [3.63, 3.8) is 0 Å². The smallest absolute Gasteiger partial charge is 0.119 e. The third-order valence-electron chi connectivity index (χ3n) is 4.08. The molecule has 2 N–H and O–H groups in total. The minimum Gasteiger partial charge on any atom is -0.494 e. The fraction of sp³-hybridized carbons (Fsp3) is 0.368. The summed E-state index contributed by atoms with van der Waals surface area (Å²) in [6, 6.07) is 18.7. The molecule has 1 atom stereocenters. The van der Waals surface area contributed by atoms with Gasteiger partial charge >= 0.3 is 0 Å². The van der Waals surface area contributed by atoms with E-state index in [4.69, 9.17) is 10.5 Å². The first-order chi connectivity index (χ1) is 10.1. The number of hydrogen-bond acceptors (Lipinski definition) is 2. The molecule has 2 nitrogen and oxygen atoms in total. The minimum atomic E-state index is 0.0257. The topological polar surface area (TPSA) is 35.2 Å². The van der Waals surface area contributed by atoms with Crippen LogP contribution in [0.4, 0.5) is 0 Å². The van der Waals surface area contributed by atoms with Crippen molar-refractivity contribution in [2.24, 2.45) is 5.73 Å². The molecule has 0 spiro atoms. The van der Waals surface area contributed by atoms with Crippen LogP contribution >= 0.6 is 0 Å². The molecule has 2 aromatic rings. The fourth-order valence-electron chi connectivity index (χ4n) is 2.49. The Bertz CT molecular complexity index is 535. The zero-order valence-corrected chi connectivity index (χ0v) is 13.0. The third kappa shape index (κ3) is 4.33. The van der Waals surface area contributed by atoms with Crippen molar-refractivity contribution in [2.45, 2.75) is 32.1 Å². The number of nitrogens with two attached hydrogens (primary N) is 1. The second-order valence-electron chi connectivity index (χ2n) is 5.90. The van der Waals surface area contributed by atoms with Crippen LogP contribution in [-0.4, -0.2) is 13.2 Å². The summed E-state index contributed by atoms with van der Waals surface area (Å²) in [5.41, 5.74) is 8.59. The monoisotopic (exact) mass is 283 g/mol. The number of aryl methyl sites for hydroxylation is 1. The van der Waals surface area contributed by atoms with E-state index in [0.29, 0.717) is 6.54 Å². The zero-order chi connectivity index (χ0) is 15.1. The van der Waals surface area contributed by atoms with Crippen LogP contribution in [0.5, 0.6) is 5.75 Å². The second-order valence-corrected chi connectivity index (χ2v) is 5.90. The SMILES string of the molecule is Cc1ccc(OCCCC(C)(CN)c2ccccc2)cc1. The van der Waals surface area contributed by atoms with Crippen molar-refractivity contribution in [3.05, 3.63) is 65.7 Å². The van der Waals surface area contributed by atoms with Gasteiger partial charge in [0.15, 0.2) is 0 Å². The molecule has 0 saturated heterocycles. The van der Waals surface area contributed by atoms with Gasteiger partial charge in [-0.1, -0.05) is 55.0 Å². The van der Waals surface area contributed by atoms with Crippen LogP contribution in [0.3, 0.4) is 0 Å². The minimum absolute atomic E-state index is 0.0257. The van der Waals surface area contributed by atoms with Crippen LogP contribution in [0.1, 0.15) is 30.9 Å². The maximum absolute atomic E-state index is 6.01. The fourth-order valence-corrected chi connectivity index (χ4v) is 2.49. The van der Waals surface area contributed by atoms with E-state index in [0.717, 1.165) is 25.2 Å². The van der Waals surface area contributed by atoms with E-state index in [1.165, 1.54) is 11.1 Å². The maximum atomic E-state index is 6.01. The Morgan fingerprint density at radius 2 is 1.67 bits per heavy atom. The Hall–Kier alpha value is -1.80. The van der Waals surface area contributed by atoms with Gasteiger partial charge in [-0.15, -0.1) is 0 Å². The molecule has 0 amide bonds. The van der Waals surface area contributed by atoms with Gasteiger partial charge in [0.2, 0.25) is 0 Å². The molecule has 112 valence electrons. The molecule has 2 heteroatoms. The van der Waals surface area contributed by atoms with Crippen LogP contribution in [0.2, 0.25) is 0 Å². The first-order valence-electron chi connectivity index (χ1n) is 7.59. The predicted molar refractivity (Wildman–Crippen MR) is 88.8 cm³/mol. The van der Waals surface area contributed by atoms with Gasteiger partial charge < -0.3 is 10.5 Å². The largest absolute Gasteiger partial charge is 0.494 e. The third-order valence-corrected chi connectivity index (χ3v) is 4.08. The van der Waals surface area contributed by atoms with E-state index < -0.39 is 0 Å². The molecular formula is C19H25NO. The van der Waals surface area contributed by atoms with E-state index in [-0.39, 0.29) is 5.41 Å². The Kier molecular flexibility index (Phi) is 5.40. The molecule has 21 heavy (non-hydrogen) atoms. The van der Waals surface area contributed by atoms with E-state index in [9.17, 15) is 0 Å². The molecule has 0 aliphatic rings. The lowest BCUT2D eigenvalue weighted by Crippen LogP contribution is -2.32. The molecule has 2 rings (SSSR count). The Morgan fingerprint density at radius 1 is 1.00 bits per heavy atom. The molecule has 0 aliphatic heterocycles. The highest BCUT2D eigenvalue weighted by atomic mass is 16.5. The van der Waals surface area contributed by atoms with Crippen molar-refractivity contribution in [3.8, 4) is 5.75 Å². The highest BCUT2D eigenvalue weighted by Crippen LogP contribution is 2.27. The molecule has 0 radical (unpaired) electrons. The lowest BCUT2D eigenvalue weighted by Gasteiger charge is -2.28. The number of benzene rings is 2. The molecule has 0 bridgehead atoms. The van der Waals surface area contributed by atoms with Gasteiger partial charge in [0.1, 0.15) is 5.75 Å². The molecular weight excluding hydrogens is 258 g/mol. The molecule has 0 aromatic heterocycles. The predicted octanol–water partition coefficient (Wildman–Crippen LogP) is 4.07. The van der Waals surface area contributed by atoms with Gasteiger partial charge in [0, 0.05) is 12.0 Å². The van der Waals surface area contributed by atoms with Crippen LogP contribution in [0.25, 0.3) is 0 Å². The quantitative estimate of drug-likeness (QED) is 0.777. The van der Waals surface area contributed by atoms with E-state index in [1.54, 1.807) is 0 Å². The Labute approximate surface area is 127 Å². The molecule has 0 saturated carbocycles. The summed E-state index contributed by atoms with van der Waals surface area (Å²) in [6.07, 6.45) is 2.02. The molecule has 0 heterocycles. The summed E-state index contributed by atoms with van der Waals surface area (Å²) >= 11 is 0. The Balaban J connectivity index is 1.85. The maximum Gasteiger partial charge on any atom is 0.119 e. The van der Waals surface area contributed by atoms with Crippen molar-refractivity contribution < 1.29 is 4.74 Å². The van der Waals surface area contributed by atoms with Gasteiger partial charge in [-0.25, -0.2) is 0 Å². The molecule has 0 aliphatic carbocycles. The highest BCUT2D eigenvalue weighted by Gasteiger charge is 2.24. The summed E-state index contributed by atoms with van der Waals surface area (Å²) in [5, 5.41) is 0. The van der Waals surface area contributed by atoms with E-state index in [1.807, 2.05) is 18.2 Å². The van der Waals surface area contributed by atoms with Gasteiger partial charge in [-0.05, 0) is 37.5 Å². The summed E-state index contributed by atoms with van der Waals surface area (Å²) in [6.45, 7) is 5.69.